The van der Waals surface area contributed by atoms with Gasteiger partial charge in [-0.25, -0.2) is 8.78 Å². The monoisotopic (exact) mass is 272 g/mol. The van der Waals surface area contributed by atoms with E-state index in [-0.39, 0.29) is 0 Å². The molecule has 0 saturated carbocycles. The standard InChI is InChI=1S/C13H8Cl2F2/c14-10-2-8(3-11(15)6-10)1-9-4-12(16)7-13(17)5-9/h2-7H,1H2. The maximum Gasteiger partial charge on any atom is 0.126 e. The largest absolute Gasteiger partial charge is 0.207 e. The minimum atomic E-state index is -0.590. The molecule has 0 nitrogen and oxygen atoms in total. The normalized spacial score (nSPS) is 10.6. The smallest absolute Gasteiger partial charge is 0.126 e. The third kappa shape index (κ3) is 3.42. The van der Waals surface area contributed by atoms with Gasteiger partial charge in [0.05, 0.1) is 0 Å². The van der Waals surface area contributed by atoms with Gasteiger partial charge in [0.2, 0.25) is 0 Å². The van der Waals surface area contributed by atoms with Crippen molar-refractivity contribution >= 4 is 23.2 Å². The van der Waals surface area contributed by atoms with Gasteiger partial charge < -0.3 is 0 Å². The Morgan fingerprint density at radius 2 is 1.18 bits per heavy atom. The van der Waals surface area contributed by atoms with Gasteiger partial charge in [-0.2, -0.15) is 0 Å². The Morgan fingerprint density at radius 3 is 1.71 bits per heavy atom. The van der Waals surface area contributed by atoms with Crippen molar-refractivity contribution in [1.29, 1.82) is 0 Å². The molecule has 0 atom stereocenters. The van der Waals surface area contributed by atoms with Crippen LogP contribution in [-0.4, -0.2) is 0 Å². The predicted octanol–water partition coefficient (Wildman–Crippen LogP) is 4.86. The quantitative estimate of drug-likeness (QED) is 0.732. The minimum Gasteiger partial charge on any atom is -0.207 e. The highest BCUT2D eigenvalue weighted by molar-refractivity contribution is 6.34. The lowest BCUT2D eigenvalue weighted by Gasteiger charge is -2.04. The topological polar surface area (TPSA) is 0 Å². The first-order chi connectivity index (χ1) is 8.02. The van der Waals surface area contributed by atoms with Crippen LogP contribution in [0.4, 0.5) is 8.78 Å². The zero-order valence-corrected chi connectivity index (χ0v) is 10.2. The van der Waals surface area contributed by atoms with E-state index in [0.29, 0.717) is 22.0 Å². The number of rotatable bonds is 2. The van der Waals surface area contributed by atoms with E-state index in [2.05, 4.69) is 0 Å². The summed E-state index contributed by atoms with van der Waals surface area (Å²) in [6.07, 6.45) is 0.384. The molecule has 2 rings (SSSR count). The van der Waals surface area contributed by atoms with Crippen LogP contribution >= 0.6 is 23.2 Å². The Balaban J connectivity index is 2.31. The summed E-state index contributed by atoms with van der Waals surface area (Å²) in [5.74, 6) is -1.18. The molecule has 0 saturated heterocycles. The zero-order valence-electron chi connectivity index (χ0n) is 8.68. The van der Waals surface area contributed by atoms with Crippen molar-refractivity contribution in [2.45, 2.75) is 6.42 Å². The molecule has 0 heterocycles. The summed E-state index contributed by atoms with van der Waals surface area (Å²) in [6, 6.07) is 8.47. The maximum absolute atomic E-state index is 13.0. The first-order valence-electron chi connectivity index (χ1n) is 4.93. The van der Waals surface area contributed by atoms with Crippen LogP contribution in [-0.2, 0) is 6.42 Å². The summed E-state index contributed by atoms with van der Waals surface area (Å²) in [4.78, 5) is 0. The number of hydrogen-bond donors (Lipinski definition) is 0. The fraction of sp³-hybridized carbons (Fsp3) is 0.0769. The fourth-order valence-corrected chi connectivity index (χ4v) is 2.23. The molecular formula is C13H8Cl2F2. The molecule has 0 amide bonds. The van der Waals surface area contributed by atoms with Gasteiger partial charge in [-0.15, -0.1) is 0 Å². The highest BCUT2D eigenvalue weighted by Crippen LogP contribution is 2.21. The number of hydrogen-bond acceptors (Lipinski definition) is 0. The van der Waals surface area contributed by atoms with Gasteiger partial charge in [0, 0.05) is 16.1 Å². The van der Waals surface area contributed by atoms with E-state index in [4.69, 9.17) is 23.2 Å². The van der Waals surface area contributed by atoms with Gasteiger partial charge in [-0.3, -0.25) is 0 Å². The van der Waals surface area contributed by atoms with E-state index in [0.717, 1.165) is 11.6 Å². The van der Waals surface area contributed by atoms with Crippen molar-refractivity contribution in [2.24, 2.45) is 0 Å². The second kappa shape index (κ2) is 5.03. The average Bonchev–Trinajstić information content (AvgIpc) is 2.13. The van der Waals surface area contributed by atoms with Crippen molar-refractivity contribution in [3.63, 3.8) is 0 Å². The van der Waals surface area contributed by atoms with Gasteiger partial charge in [0.1, 0.15) is 11.6 Å². The van der Waals surface area contributed by atoms with E-state index in [1.165, 1.54) is 12.1 Å². The SMILES string of the molecule is Fc1cc(F)cc(Cc2cc(Cl)cc(Cl)c2)c1. The van der Waals surface area contributed by atoms with E-state index in [1.54, 1.807) is 18.2 Å². The van der Waals surface area contributed by atoms with Crippen molar-refractivity contribution in [3.8, 4) is 0 Å². The predicted molar refractivity (Wildman–Crippen MR) is 65.6 cm³/mol. The Kier molecular flexibility index (Phi) is 3.65. The van der Waals surface area contributed by atoms with Crippen LogP contribution < -0.4 is 0 Å². The molecule has 0 spiro atoms. The van der Waals surface area contributed by atoms with Gasteiger partial charge in [0.15, 0.2) is 0 Å². The third-order valence-corrected chi connectivity index (χ3v) is 2.69. The highest BCUT2D eigenvalue weighted by Gasteiger charge is 2.04. The zero-order chi connectivity index (χ0) is 12.4. The molecule has 4 heteroatoms. The van der Waals surface area contributed by atoms with Crippen LogP contribution in [0.25, 0.3) is 0 Å². The van der Waals surface area contributed by atoms with Gasteiger partial charge in [-0.05, 0) is 47.9 Å². The Hall–Kier alpha value is -1.12. The molecule has 0 aliphatic rings. The number of benzene rings is 2. The third-order valence-electron chi connectivity index (χ3n) is 2.25. The van der Waals surface area contributed by atoms with Crippen LogP contribution in [0.5, 0.6) is 0 Å². The lowest BCUT2D eigenvalue weighted by molar-refractivity contribution is 0.580. The first kappa shape index (κ1) is 12.3. The fourth-order valence-electron chi connectivity index (χ4n) is 1.66. The second-order valence-electron chi connectivity index (χ2n) is 3.73. The van der Waals surface area contributed by atoms with Crippen LogP contribution in [0.3, 0.4) is 0 Å². The van der Waals surface area contributed by atoms with Crippen molar-refractivity contribution < 1.29 is 8.78 Å². The van der Waals surface area contributed by atoms with E-state index in [1.807, 2.05) is 0 Å². The highest BCUT2D eigenvalue weighted by atomic mass is 35.5. The van der Waals surface area contributed by atoms with Gasteiger partial charge >= 0.3 is 0 Å². The summed E-state index contributed by atoms with van der Waals surface area (Å²) >= 11 is 11.7. The van der Waals surface area contributed by atoms with Gasteiger partial charge in [0.25, 0.3) is 0 Å². The van der Waals surface area contributed by atoms with E-state index < -0.39 is 11.6 Å². The summed E-state index contributed by atoms with van der Waals surface area (Å²) in [5, 5.41) is 1.01. The molecule has 0 bridgehead atoms. The lowest BCUT2D eigenvalue weighted by Crippen LogP contribution is -1.91. The molecule has 17 heavy (non-hydrogen) atoms. The summed E-state index contributed by atoms with van der Waals surface area (Å²) in [6.45, 7) is 0. The van der Waals surface area contributed by atoms with Crippen LogP contribution in [0.15, 0.2) is 36.4 Å². The Morgan fingerprint density at radius 1 is 0.706 bits per heavy atom. The molecular weight excluding hydrogens is 265 g/mol. The van der Waals surface area contributed by atoms with Crippen LogP contribution in [0, 0.1) is 11.6 Å². The molecule has 0 fully saturated rings. The van der Waals surface area contributed by atoms with Crippen LogP contribution in [0.2, 0.25) is 10.0 Å². The second-order valence-corrected chi connectivity index (χ2v) is 4.61. The molecule has 2 aromatic carbocycles. The lowest BCUT2D eigenvalue weighted by atomic mass is 10.0. The van der Waals surface area contributed by atoms with E-state index >= 15 is 0 Å². The van der Waals surface area contributed by atoms with Gasteiger partial charge in [-0.1, -0.05) is 23.2 Å². The molecule has 0 radical (unpaired) electrons. The summed E-state index contributed by atoms with van der Waals surface area (Å²) in [7, 11) is 0. The van der Waals surface area contributed by atoms with Crippen LogP contribution in [0.1, 0.15) is 11.1 Å². The molecule has 0 unspecified atom stereocenters. The molecule has 2 aromatic rings. The average molecular weight is 273 g/mol. The maximum atomic E-state index is 13.0. The molecule has 0 aliphatic carbocycles. The van der Waals surface area contributed by atoms with Crippen molar-refractivity contribution in [3.05, 3.63) is 69.2 Å². The number of halogens is 4. The minimum absolute atomic E-state index is 0.384. The Labute approximate surface area is 108 Å². The molecule has 0 aromatic heterocycles. The van der Waals surface area contributed by atoms with Crippen molar-refractivity contribution in [1.82, 2.24) is 0 Å². The van der Waals surface area contributed by atoms with Crippen molar-refractivity contribution in [2.75, 3.05) is 0 Å². The summed E-state index contributed by atoms with van der Waals surface area (Å²) < 4.78 is 26.0. The molecule has 0 aliphatic heterocycles. The molecule has 0 N–H and O–H groups in total. The molecule has 88 valence electrons. The summed E-state index contributed by atoms with van der Waals surface area (Å²) in [5.41, 5.74) is 1.35. The Bertz CT molecular complexity index is 463. The first-order valence-corrected chi connectivity index (χ1v) is 5.68. The van der Waals surface area contributed by atoms with E-state index in [9.17, 15) is 8.78 Å².